The Balaban J connectivity index is 1.11. The fraction of sp³-hybridized carbons (Fsp3) is 0. The topological polar surface area (TPSA) is 90.5 Å². The van der Waals surface area contributed by atoms with E-state index in [1.165, 1.54) is 0 Å². The van der Waals surface area contributed by atoms with E-state index in [1.54, 1.807) is 6.20 Å². The number of fused-ring (bicyclic) bond motifs is 4. The van der Waals surface area contributed by atoms with Crippen molar-refractivity contribution in [3.8, 4) is 56.5 Å². The zero-order valence-electron chi connectivity index (χ0n) is 24.9. The Morgan fingerprint density at radius 1 is 0.426 bits per heavy atom. The number of benzene rings is 5. The lowest BCUT2D eigenvalue weighted by Gasteiger charge is -2.10. The normalized spacial score (nSPS) is 11.4. The Morgan fingerprint density at radius 3 is 1.83 bits per heavy atom. The van der Waals surface area contributed by atoms with E-state index in [0.29, 0.717) is 17.5 Å². The Labute approximate surface area is 269 Å². The van der Waals surface area contributed by atoms with E-state index in [4.69, 9.17) is 24.4 Å². The molecule has 0 saturated heterocycles. The van der Waals surface area contributed by atoms with Gasteiger partial charge in [0.05, 0.1) is 6.20 Å². The van der Waals surface area contributed by atoms with Crippen LogP contribution in [0.2, 0.25) is 0 Å². The monoisotopic (exact) mass is 604 g/mol. The molecule has 0 bridgehead atoms. The first kappa shape index (κ1) is 26.8. The smallest absolute Gasteiger partial charge is 0.164 e. The van der Waals surface area contributed by atoms with Crippen LogP contribution in [0.1, 0.15) is 0 Å². The van der Waals surface area contributed by atoms with E-state index in [0.717, 1.165) is 71.9 Å². The van der Waals surface area contributed by atoms with Gasteiger partial charge in [-0.2, -0.15) is 5.10 Å². The molecule has 0 aliphatic carbocycles. The predicted octanol–water partition coefficient (Wildman–Crippen LogP) is 9.44. The molecule has 0 atom stereocenters. The predicted molar refractivity (Wildman–Crippen MR) is 185 cm³/mol. The van der Waals surface area contributed by atoms with Crippen LogP contribution >= 0.6 is 0 Å². The molecule has 0 N–H and O–H groups in total. The maximum Gasteiger partial charge on any atom is 0.164 e. The molecule has 5 aromatic carbocycles. The minimum Gasteiger partial charge on any atom is -0.454 e. The second-order valence-electron chi connectivity index (χ2n) is 11.3. The molecule has 4 heterocycles. The number of aromatic nitrogens is 6. The lowest BCUT2D eigenvalue weighted by molar-refractivity contribution is 0.668. The standard InChI is InChI=1S/C40H24N6O/c1-3-10-25(11-4-1)38-43-39(26-12-5-2-6-13-26)45-40(44-38)29-15-9-14-27(20-29)28-18-19-32-30(21-28)24-42-46-36(32)31-22-35-37(41-23-31)33-16-7-8-17-34(33)47-35/h1-24H. The van der Waals surface area contributed by atoms with E-state index >= 15 is 0 Å². The zero-order valence-corrected chi connectivity index (χ0v) is 24.9. The number of rotatable bonds is 5. The third-order valence-corrected chi connectivity index (χ3v) is 8.30. The molecular formula is C40H24N6O. The molecule has 0 aliphatic rings. The van der Waals surface area contributed by atoms with Gasteiger partial charge in [0.25, 0.3) is 0 Å². The molecule has 0 unspecified atom stereocenters. The highest BCUT2D eigenvalue weighted by atomic mass is 16.3. The van der Waals surface area contributed by atoms with Crippen molar-refractivity contribution >= 4 is 32.8 Å². The quantitative estimate of drug-likeness (QED) is 0.193. The number of hydrogen-bond donors (Lipinski definition) is 0. The van der Waals surface area contributed by atoms with Gasteiger partial charge in [0, 0.05) is 44.6 Å². The van der Waals surface area contributed by atoms with E-state index in [1.807, 2.05) is 109 Å². The molecule has 9 rings (SSSR count). The van der Waals surface area contributed by atoms with Gasteiger partial charge in [0.2, 0.25) is 0 Å². The van der Waals surface area contributed by atoms with Gasteiger partial charge in [-0.05, 0) is 41.5 Å². The Bertz CT molecular complexity index is 2520. The van der Waals surface area contributed by atoms with Crippen molar-refractivity contribution in [2.45, 2.75) is 0 Å². The summed E-state index contributed by atoms with van der Waals surface area (Å²) >= 11 is 0. The zero-order chi connectivity index (χ0) is 31.2. The van der Waals surface area contributed by atoms with Gasteiger partial charge in [-0.25, -0.2) is 15.0 Å². The number of furan rings is 1. The van der Waals surface area contributed by atoms with Gasteiger partial charge in [0.1, 0.15) is 16.8 Å². The van der Waals surface area contributed by atoms with Crippen LogP contribution in [0.3, 0.4) is 0 Å². The van der Waals surface area contributed by atoms with Crippen LogP contribution in [0.5, 0.6) is 0 Å². The van der Waals surface area contributed by atoms with Crippen LogP contribution in [0.15, 0.2) is 150 Å². The maximum atomic E-state index is 6.09. The molecule has 220 valence electrons. The third kappa shape index (κ3) is 4.87. The first-order valence-corrected chi connectivity index (χ1v) is 15.3. The SMILES string of the molecule is c1ccc(-c2nc(-c3ccccc3)nc(-c3cccc(-c4ccc5c(-c6cnc7c(c6)oc6ccccc67)nncc5c4)c3)n2)cc1. The van der Waals surface area contributed by atoms with Crippen LogP contribution in [0, 0.1) is 0 Å². The van der Waals surface area contributed by atoms with Crippen molar-refractivity contribution in [1.82, 2.24) is 30.1 Å². The van der Waals surface area contributed by atoms with Crippen LogP contribution in [-0.2, 0) is 0 Å². The number of hydrogen-bond acceptors (Lipinski definition) is 7. The highest BCUT2D eigenvalue weighted by Crippen LogP contribution is 2.34. The third-order valence-electron chi connectivity index (χ3n) is 8.30. The molecule has 7 nitrogen and oxygen atoms in total. The first-order chi connectivity index (χ1) is 23.3. The van der Waals surface area contributed by atoms with Crippen LogP contribution in [-0.4, -0.2) is 30.1 Å². The summed E-state index contributed by atoms with van der Waals surface area (Å²) in [6.45, 7) is 0. The minimum absolute atomic E-state index is 0.613. The highest BCUT2D eigenvalue weighted by Gasteiger charge is 2.15. The average Bonchev–Trinajstić information content (AvgIpc) is 3.53. The largest absolute Gasteiger partial charge is 0.454 e. The van der Waals surface area contributed by atoms with Crippen LogP contribution in [0.25, 0.3) is 89.4 Å². The van der Waals surface area contributed by atoms with Crippen molar-refractivity contribution in [2.75, 3.05) is 0 Å². The van der Waals surface area contributed by atoms with Crippen molar-refractivity contribution in [2.24, 2.45) is 0 Å². The highest BCUT2D eigenvalue weighted by molar-refractivity contribution is 6.04. The first-order valence-electron chi connectivity index (χ1n) is 15.3. The fourth-order valence-corrected chi connectivity index (χ4v) is 5.98. The molecule has 4 aromatic heterocycles. The molecule has 0 amide bonds. The van der Waals surface area contributed by atoms with Gasteiger partial charge in [-0.15, -0.1) is 5.10 Å². The van der Waals surface area contributed by atoms with Gasteiger partial charge >= 0.3 is 0 Å². The molecule has 9 aromatic rings. The Morgan fingerprint density at radius 2 is 1.06 bits per heavy atom. The minimum atomic E-state index is 0.613. The summed E-state index contributed by atoms with van der Waals surface area (Å²) < 4.78 is 6.09. The van der Waals surface area contributed by atoms with Gasteiger partial charge in [-0.3, -0.25) is 4.98 Å². The second-order valence-corrected chi connectivity index (χ2v) is 11.3. The van der Waals surface area contributed by atoms with Crippen molar-refractivity contribution in [3.05, 3.63) is 146 Å². The van der Waals surface area contributed by atoms with Crippen LogP contribution < -0.4 is 0 Å². The summed E-state index contributed by atoms with van der Waals surface area (Å²) in [5.74, 6) is 1.88. The van der Waals surface area contributed by atoms with Crippen molar-refractivity contribution in [3.63, 3.8) is 0 Å². The Hall–Kier alpha value is -6.60. The summed E-state index contributed by atoms with van der Waals surface area (Å²) in [6.07, 6.45) is 3.64. The lowest BCUT2D eigenvalue weighted by atomic mass is 9.98. The lowest BCUT2D eigenvalue weighted by Crippen LogP contribution is -2.00. The van der Waals surface area contributed by atoms with E-state index in [-0.39, 0.29) is 0 Å². The molecule has 0 spiro atoms. The molecule has 0 saturated carbocycles. The second kappa shape index (κ2) is 11.1. The number of para-hydroxylation sites is 1. The Kier molecular flexibility index (Phi) is 6.31. The van der Waals surface area contributed by atoms with Gasteiger partial charge in [-0.1, -0.05) is 103 Å². The average molecular weight is 605 g/mol. The van der Waals surface area contributed by atoms with Gasteiger partial charge < -0.3 is 4.42 Å². The molecular weight excluding hydrogens is 580 g/mol. The summed E-state index contributed by atoms with van der Waals surface area (Å²) in [5, 5.41) is 11.8. The molecule has 7 heteroatoms. The number of nitrogens with zero attached hydrogens (tertiary/aromatic N) is 6. The molecule has 0 radical (unpaired) electrons. The van der Waals surface area contributed by atoms with E-state index in [2.05, 4.69) is 40.5 Å². The molecule has 0 aliphatic heterocycles. The fourth-order valence-electron chi connectivity index (χ4n) is 5.98. The van der Waals surface area contributed by atoms with E-state index in [9.17, 15) is 0 Å². The molecule has 47 heavy (non-hydrogen) atoms. The van der Waals surface area contributed by atoms with E-state index < -0.39 is 0 Å². The maximum absolute atomic E-state index is 6.09. The summed E-state index contributed by atoms with van der Waals surface area (Å²) in [6, 6.07) is 44.5. The van der Waals surface area contributed by atoms with Crippen molar-refractivity contribution in [1.29, 1.82) is 0 Å². The van der Waals surface area contributed by atoms with Crippen molar-refractivity contribution < 1.29 is 4.42 Å². The molecule has 0 fully saturated rings. The summed E-state index contributed by atoms with van der Waals surface area (Å²) in [4.78, 5) is 19.4. The van der Waals surface area contributed by atoms with Gasteiger partial charge in [0.15, 0.2) is 23.1 Å². The summed E-state index contributed by atoms with van der Waals surface area (Å²) in [5.41, 5.74) is 8.83. The summed E-state index contributed by atoms with van der Waals surface area (Å²) in [7, 11) is 0. The number of pyridine rings is 1. The van der Waals surface area contributed by atoms with Crippen LogP contribution in [0.4, 0.5) is 0 Å².